The summed E-state index contributed by atoms with van der Waals surface area (Å²) in [7, 11) is 4.40. The van der Waals surface area contributed by atoms with Crippen molar-refractivity contribution >= 4 is 5.97 Å². The van der Waals surface area contributed by atoms with Crippen molar-refractivity contribution in [1.29, 1.82) is 0 Å². The van der Waals surface area contributed by atoms with Gasteiger partial charge in [-0.3, -0.25) is 0 Å². The van der Waals surface area contributed by atoms with Crippen LogP contribution in [0.1, 0.15) is 6.92 Å². The van der Waals surface area contributed by atoms with E-state index in [9.17, 15) is 4.79 Å². The molecule has 17 heavy (non-hydrogen) atoms. The first-order valence-corrected chi connectivity index (χ1v) is 5.08. The summed E-state index contributed by atoms with van der Waals surface area (Å²) in [6.45, 7) is 1.61. The van der Waals surface area contributed by atoms with Gasteiger partial charge in [0, 0.05) is 18.2 Å². The molecule has 0 spiro atoms. The maximum atomic E-state index is 11.2. The second kappa shape index (κ2) is 5.98. The summed E-state index contributed by atoms with van der Waals surface area (Å²) in [5, 5.41) is 0. The molecule has 5 heteroatoms. The number of esters is 1. The van der Waals surface area contributed by atoms with Crippen LogP contribution in [0.5, 0.6) is 17.2 Å². The molecule has 94 valence electrons. The number of carbonyl (C=O) groups excluding carboxylic acids is 1. The first-order chi connectivity index (χ1) is 8.10. The molecule has 0 radical (unpaired) electrons. The zero-order chi connectivity index (χ0) is 12.8. The van der Waals surface area contributed by atoms with Crippen LogP contribution in [-0.2, 0) is 9.53 Å². The van der Waals surface area contributed by atoms with E-state index in [4.69, 9.17) is 14.2 Å². The minimum atomic E-state index is -0.684. The molecular formula is C12H16O5. The molecule has 1 rings (SSSR count). The van der Waals surface area contributed by atoms with Crippen LogP contribution in [0.2, 0.25) is 0 Å². The third-order valence-electron chi connectivity index (χ3n) is 2.17. The molecule has 0 saturated heterocycles. The van der Waals surface area contributed by atoms with Crippen molar-refractivity contribution in [3.63, 3.8) is 0 Å². The van der Waals surface area contributed by atoms with Gasteiger partial charge in [-0.05, 0) is 6.92 Å². The molecule has 0 aromatic heterocycles. The maximum Gasteiger partial charge on any atom is 0.346 e. The van der Waals surface area contributed by atoms with Gasteiger partial charge in [-0.25, -0.2) is 4.79 Å². The standard InChI is InChI=1S/C12H16O5/c1-8(12(13)16-4)17-11-6-9(14-2)5-10(7-11)15-3/h5-8H,1-4H3/t8-/m1/s1. The Morgan fingerprint density at radius 3 is 1.88 bits per heavy atom. The zero-order valence-electron chi connectivity index (χ0n) is 10.4. The summed E-state index contributed by atoms with van der Waals surface area (Å²) in [5.41, 5.74) is 0. The molecule has 0 aliphatic heterocycles. The van der Waals surface area contributed by atoms with E-state index in [1.807, 2.05) is 0 Å². The summed E-state index contributed by atoms with van der Waals surface area (Å²) in [6.07, 6.45) is -0.684. The molecule has 0 unspecified atom stereocenters. The Balaban J connectivity index is 2.86. The van der Waals surface area contributed by atoms with Crippen LogP contribution in [-0.4, -0.2) is 33.4 Å². The number of hydrogen-bond acceptors (Lipinski definition) is 5. The molecule has 0 aliphatic rings. The van der Waals surface area contributed by atoms with Gasteiger partial charge in [0.05, 0.1) is 21.3 Å². The van der Waals surface area contributed by atoms with Crippen LogP contribution in [0.4, 0.5) is 0 Å². The van der Waals surface area contributed by atoms with Crippen molar-refractivity contribution in [1.82, 2.24) is 0 Å². The Morgan fingerprint density at radius 1 is 1.00 bits per heavy atom. The quantitative estimate of drug-likeness (QED) is 0.732. The van der Waals surface area contributed by atoms with Crippen molar-refractivity contribution in [2.75, 3.05) is 21.3 Å². The summed E-state index contributed by atoms with van der Waals surface area (Å²) >= 11 is 0. The van der Waals surface area contributed by atoms with Crippen LogP contribution < -0.4 is 14.2 Å². The van der Waals surface area contributed by atoms with Crippen LogP contribution in [0.3, 0.4) is 0 Å². The van der Waals surface area contributed by atoms with Crippen LogP contribution in [0.15, 0.2) is 18.2 Å². The lowest BCUT2D eigenvalue weighted by Gasteiger charge is -2.14. The van der Waals surface area contributed by atoms with E-state index in [-0.39, 0.29) is 0 Å². The van der Waals surface area contributed by atoms with Crippen LogP contribution >= 0.6 is 0 Å². The maximum absolute atomic E-state index is 11.2. The Labute approximate surface area is 100 Å². The van der Waals surface area contributed by atoms with Gasteiger partial charge in [0.1, 0.15) is 17.2 Å². The number of carbonyl (C=O) groups is 1. The fraction of sp³-hybridized carbons (Fsp3) is 0.417. The van der Waals surface area contributed by atoms with Crippen LogP contribution in [0.25, 0.3) is 0 Å². The highest BCUT2D eigenvalue weighted by atomic mass is 16.6. The predicted octanol–water partition coefficient (Wildman–Crippen LogP) is 1.64. The predicted molar refractivity (Wildman–Crippen MR) is 61.7 cm³/mol. The van der Waals surface area contributed by atoms with Crippen molar-refractivity contribution in [2.24, 2.45) is 0 Å². The van der Waals surface area contributed by atoms with E-state index in [0.29, 0.717) is 17.2 Å². The number of benzene rings is 1. The summed E-state index contributed by atoms with van der Waals surface area (Å²) in [6, 6.07) is 5.06. The molecule has 0 aliphatic carbocycles. The molecular weight excluding hydrogens is 224 g/mol. The monoisotopic (exact) mass is 240 g/mol. The lowest BCUT2D eigenvalue weighted by molar-refractivity contribution is -0.147. The first-order valence-electron chi connectivity index (χ1n) is 5.08. The molecule has 5 nitrogen and oxygen atoms in total. The fourth-order valence-corrected chi connectivity index (χ4v) is 1.27. The van der Waals surface area contributed by atoms with Crippen molar-refractivity contribution < 1.29 is 23.7 Å². The van der Waals surface area contributed by atoms with Gasteiger partial charge in [-0.15, -0.1) is 0 Å². The summed E-state index contributed by atoms with van der Waals surface area (Å²) in [4.78, 5) is 11.2. The lowest BCUT2D eigenvalue weighted by atomic mass is 10.3. The molecule has 1 aromatic rings. The number of methoxy groups -OCH3 is 3. The normalized spacial score (nSPS) is 11.5. The molecule has 1 atom stereocenters. The second-order valence-corrected chi connectivity index (χ2v) is 3.33. The third-order valence-corrected chi connectivity index (χ3v) is 2.17. The second-order valence-electron chi connectivity index (χ2n) is 3.33. The van der Waals surface area contributed by atoms with Crippen molar-refractivity contribution in [3.8, 4) is 17.2 Å². The van der Waals surface area contributed by atoms with Gasteiger partial charge in [-0.1, -0.05) is 0 Å². The summed E-state index contributed by atoms with van der Waals surface area (Å²) in [5.74, 6) is 1.23. The van der Waals surface area contributed by atoms with Gasteiger partial charge >= 0.3 is 5.97 Å². The smallest absolute Gasteiger partial charge is 0.346 e. The zero-order valence-corrected chi connectivity index (χ0v) is 10.4. The van der Waals surface area contributed by atoms with E-state index < -0.39 is 12.1 Å². The van der Waals surface area contributed by atoms with E-state index in [1.54, 1.807) is 39.3 Å². The van der Waals surface area contributed by atoms with Gasteiger partial charge in [-0.2, -0.15) is 0 Å². The van der Waals surface area contributed by atoms with E-state index >= 15 is 0 Å². The molecule has 0 saturated carbocycles. The van der Waals surface area contributed by atoms with Gasteiger partial charge in [0.25, 0.3) is 0 Å². The topological polar surface area (TPSA) is 54.0 Å². The average Bonchev–Trinajstić information content (AvgIpc) is 2.36. The number of hydrogen-bond donors (Lipinski definition) is 0. The van der Waals surface area contributed by atoms with E-state index in [0.717, 1.165) is 0 Å². The number of ether oxygens (including phenoxy) is 4. The molecule has 0 amide bonds. The molecule has 0 heterocycles. The Hall–Kier alpha value is -1.91. The van der Waals surface area contributed by atoms with Crippen LogP contribution in [0, 0.1) is 0 Å². The summed E-state index contributed by atoms with van der Waals surface area (Å²) < 4.78 is 20.2. The minimum Gasteiger partial charge on any atom is -0.496 e. The van der Waals surface area contributed by atoms with Crippen molar-refractivity contribution in [2.45, 2.75) is 13.0 Å². The minimum absolute atomic E-state index is 0.438. The fourth-order valence-electron chi connectivity index (χ4n) is 1.27. The Bertz CT molecular complexity index is 366. The largest absolute Gasteiger partial charge is 0.496 e. The number of rotatable bonds is 5. The molecule has 0 N–H and O–H groups in total. The van der Waals surface area contributed by atoms with E-state index in [2.05, 4.69) is 4.74 Å². The highest BCUT2D eigenvalue weighted by Gasteiger charge is 2.15. The molecule has 0 fully saturated rings. The van der Waals surface area contributed by atoms with Gasteiger partial charge in [0.2, 0.25) is 0 Å². The molecule has 0 bridgehead atoms. The third kappa shape index (κ3) is 3.55. The Morgan fingerprint density at radius 2 is 1.47 bits per heavy atom. The van der Waals surface area contributed by atoms with E-state index in [1.165, 1.54) is 7.11 Å². The van der Waals surface area contributed by atoms with Crippen molar-refractivity contribution in [3.05, 3.63) is 18.2 Å². The molecule has 1 aromatic carbocycles. The lowest BCUT2D eigenvalue weighted by Crippen LogP contribution is -2.24. The highest BCUT2D eigenvalue weighted by Crippen LogP contribution is 2.28. The Kier molecular flexibility index (Phi) is 4.63. The van der Waals surface area contributed by atoms with Gasteiger partial charge < -0.3 is 18.9 Å². The first kappa shape index (κ1) is 13.2. The SMILES string of the molecule is COC(=O)[C@@H](C)Oc1cc(OC)cc(OC)c1. The average molecular weight is 240 g/mol. The highest BCUT2D eigenvalue weighted by molar-refractivity contribution is 5.74. The van der Waals surface area contributed by atoms with Gasteiger partial charge in [0.15, 0.2) is 6.10 Å².